The highest BCUT2D eigenvalue weighted by atomic mass is 16.6. The van der Waals surface area contributed by atoms with Gasteiger partial charge < -0.3 is 25.4 Å². The number of aliphatic hydroxyl groups excluding tert-OH is 3. The van der Waals surface area contributed by atoms with Crippen molar-refractivity contribution in [1.29, 1.82) is 0 Å². The van der Waals surface area contributed by atoms with Crippen LogP contribution in [-0.2, 0) is 9.53 Å². The molecule has 1 aliphatic heterocycles. The predicted molar refractivity (Wildman–Crippen MR) is 65.8 cm³/mol. The first-order valence-corrected chi connectivity index (χ1v) is 5.93. The Balaban J connectivity index is 2.26. The summed E-state index contributed by atoms with van der Waals surface area (Å²) in [7, 11) is 0. The fourth-order valence-electron chi connectivity index (χ4n) is 1.97. The summed E-state index contributed by atoms with van der Waals surface area (Å²) in [4.78, 5) is 26.3. The molecule has 1 aromatic rings. The topological polar surface area (TPSA) is 134 Å². The van der Waals surface area contributed by atoms with Gasteiger partial charge in [0, 0.05) is 13.1 Å². The molecule has 0 aliphatic carbocycles. The third kappa shape index (κ3) is 2.70. The Labute approximate surface area is 113 Å². The number of nitrogens with zero attached hydrogens (tertiary/aromatic N) is 2. The van der Waals surface area contributed by atoms with Crippen molar-refractivity contribution in [2.45, 2.75) is 31.5 Å². The van der Waals surface area contributed by atoms with Crippen LogP contribution in [0.2, 0.25) is 0 Å². The van der Waals surface area contributed by atoms with E-state index >= 15 is 0 Å². The van der Waals surface area contributed by atoms with Gasteiger partial charge in [0.1, 0.15) is 24.1 Å². The first-order valence-electron chi connectivity index (χ1n) is 5.93. The molecule has 0 radical (unpaired) electrons. The van der Waals surface area contributed by atoms with Crippen molar-refractivity contribution in [1.82, 2.24) is 9.55 Å². The average molecular weight is 285 g/mol. The van der Waals surface area contributed by atoms with E-state index in [-0.39, 0.29) is 11.7 Å². The van der Waals surface area contributed by atoms with E-state index in [2.05, 4.69) is 10.3 Å². The normalized spacial score (nSPS) is 29.4. The zero-order valence-corrected chi connectivity index (χ0v) is 10.6. The molecule has 20 heavy (non-hydrogen) atoms. The minimum absolute atomic E-state index is 0.0745. The maximum atomic E-state index is 11.8. The molecule has 1 saturated heterocycles. The molecule has 1 fully saturated rings. The van der Waals surface area contributed by atoms with Crippen LogP contribution in [0.3, 0.4) is 0 Å². The highest BCUT2D eigenvalue weighted by molar-refractivity contribution is 5.87. The fourth-order valence-corrected chi connectivity index (χ4v) is 1.97. The van der Waals surface area contributed by atoms with Crippen LogP contribution in [0, 0.1) is 0 Å². The average Bonchev–Trinajstić information content (AvgIpc) is 2.66. The lowest BCUT2D eigenvalue weighted by Gasteiger charge is -2.17. The smallest absolute Gasteiger partial charge is 0.351 e. The van der Waals surface area contributed by atoms with Crippen LogP contribution in [-0.4, -0.2) is 55.7 Å². The number of hydrogen-bond donors (Lipinski definition) is 4. The van der Waals surface area contributed by atoms with Crippen molar-refractivity contribution in [3.05, 3.63) is 22.7 Å². The number of aliphatic hydroxyl groups is 3. The van der Waals surface area contributed by atoms with Crippen LogP contribution in [0.15, 0.2) is 17.1 Å². The molecule has 0 bridgehead atoms. The number of ether oxygens (including phenoxy) is 1. The molecule has 0 saturated carbocycles. The molecule has 0 aromatic carbocycles. The first kappa shape index (κ1) is 14.6. The SMILES string of the molecule is CC(=O)Nc1ccn([C@@H]2O[C@H](CO)[C@H](O)[C@H]2O)c(=O)n1. The second-order valence-corrected chi connectivity index (χ2v) is 4.41. The Bertz CT molecular complexity index is 559. The van der Waals surface area contributed by atoms with Gasteiger partial charge >= 0.3 is 5.69 Å². The number of carbonyl (C=O) groups is 1. The van der Waals surface area contributed by atoms with Crippen molar-refractivity contribution in [3.63, 3.8) is 0 Å². The molecule has 0 spiro atoms. The van der Waals surface area contributed by atoms with Gasteiger partial charge in [0.25, 0.3) is 0 Å². The van der Waals surface area contributed by atoms with Crippen LogP contribution in [0.25, 0.3) is 0 Å². The summed E-state index contributed by atoms with van der Waals surface area (Å²) in [5, 5.41) is 30.8. The minimum atomic E-state index is -1.36. The number of anilines is 1. The summed E-state index contributed by atoms with van der Waals surface area (Å²) in [6.45, 7) is 0.792. The molecule has 4 atom stereocenters. The van der Waals surface area contributed by atoms with E-state index in [0.29, 0.717) is 0 Å². The number of rotatable bonds is 3. The van der Waals surface area contributed by atoms with Gasteiger partial charge in [0.05, 0.1) is 6.61 Å². The van der Waals surface area contributed by atoms with Crippen molar-refractivity contribution < 1.29 is 24.9 Å². The van der Waals surface area contributed by atoms with Crippen LogP contribution < -0.4 is 11.0 Å². The Kier molecular flexibility index (Phi) is 4.14. The van der Waals surface area contributed by atoms with Crippen LogP contribution in [0.4, 0.5) is 5.82 Å². The lowest BCUT2D eigenvalue weighted by atomic mass is 10.1. The van der Waals surface area contributed by atoms with Crippen molar-refractivity contribution >= 4 is 11.7 Å². The highest BCUT2D eigenvalue weighted by Gasteiger charge is 2.43. The van der Waals surface area contributed by atoms with E-state index in [9.17, 15) is 19.8 Å². The molecule has 1 amide bonds. The molecule has 1 aliphatic rings. The second-order valence-electron chi connectivity index (χ2n) is 4.41. The lowest BCUT2D eigenvalue weighted by Crippen LogP contribution is -2.36. The predicted octanol–water partition coefficient (Wildman–Crippen LogP) is -2.19. The van der Waals surface area contributed by atoms with Crippen LogP contribution in [0.5, 0.6) is 0 Å². The fraction of sp³-hybridized carbons (Fsp3) is 0.545. The summed E-state index contributed by atoms with van der Waals surface area (Å²) >= 11 is 0. The van der Waals surface area contributed by atoms with Gasteiger partial charge in [-0.15, -0.1) is 0 Å². The lowest BCUT2D eigenvalue weighted by molar-refractivity contribution is -0.114. The number of carbonyl (C=O) groups excluding carboxylic acids is 1. The Morgan fingerprint density at radius 3 is 2.70 bits per heavy atom. The van der Waals surface area contributed by atoms with Crippen LogP contribution in [0.1, 0.15) is 13.2 Å². The van der Waals surface area contributed by atoms with Gasteiger partial charge in [-0.25, -0.2) is 4.79 Å². The molecule has 2 heterocycles. The number of hydrogen-bond acceptors (Lipinski definition) is 7. The van der Waals surface area contributed by atoms with E-state index in [1.54, 1.807) is 0 Å². The first-order chi connectivity index (χ1) is 9.43. The zero-order valence-electron chi connectivity index (χ0n) is 10.6. The van der Waals surface area contributed by atoms with E-state index in [4.69, 9.17) is 9.84 Å². The van der Waals surface area contributed by atoms with E-state index in [1.165, 1.54) is 19.2 Å². The molecule has 2 rings (SSSR count). The van der Waals surface area contributed by atoms with Gasteiger partial charge in [-0.1, -0.05) is 0 Å². The van der Waals surface area contributed by atoms with E-state index in [1.807, 2.05) is 0 Å². The maximum absolute atomic E-state index is 11.8. The van der Waals surface area contributed by atoms with Gasteiger partial charge in [-0.05, 0) is 6.07 Å². The largest absolute Gasteiger partial charge is 0.394 e. The van der Waals surface area contributed by atoms with E-state index in [0.717, 1.165) is 4.57 Å². The van der Waals surface area contributed by atoms with Gasteiger partial charge in [0.2, 0.25) is 5.91 Å². The van der Waals surface area contributed by atoms with Gasteiger partial charge in [0.15, 0.2) is 6.23 Å². The standard InChI is InChI=1S/C11H15N3O6/c1-5(16)12-7-2-3-14(11(19)13-7)10-9(18)8(17)6(4-15)20-10/h2-3,6,8-10,15,17-18H,4H2,1H3,(H,12,13,16,19)/t6-,8+,9-,10-/m1/s1. The molecule has 0 unspecified atom stereocenters. The van der Waals surface area contributed by atoms with Gasteiger partial charge in [-0.3, -0.25) is 9.36 Å². The molecule has 9 nitrogen and oxygen atoms in total. The monoisotopic (exact) mass is 285 g/mol. The van der Waals surface area contributed by atoms with Crippen LogP contribution >= 0.6 is 0 Å². The van der Waals surface area contributed by atoms with E-state index < -0.39 is 36.8 Å². The number of amides is 1. The third-order valence-electron chi connectivity index (χ3n) is 2.93. The quantitative estimate of drug-likeness (QED) is 0.495. The molecule has 110 valence electrons. The van der Waals surface area contributed by atoms with Crippen molar-refractivity contribution in [2.24, 2.45) is 0 Å². The number of nitrogens with one attached hydrogen (secondary N) is 1. The molecular weight excluding hydrogens is 270 g/mol. The molecular formula is C11H15N3O6. The van der Waals surface area contributed by atoms with Crippen molar-refractivity contribution in [2.75, 3.05) is 11.9 Å². The molecule has 9 heteroatoms. The molecule has 1 aromatic heterocycles. The maximum Gasteiger partial charge on any atom is 0.351 e. The van der Waals surface area contributed by atoms with Gasteiger partial charge in [-0.2, -0.15) is 4.98 Å². The summed E-state index contributed by atoms with van der Waals surface area (Å²) in [5.74, 6) is -0.298. The Morgan fingerprint density at radius 1 is 1.50 bits per heavy atom. The summed E-state index contributed by atoms with van der Waals surface area (Å²) in [6.07, 6.45) is -3.50. The third-order valence-corrected chi connectivity index (χ3v) is 2.93. The minimum Gasteiger partial charge on any atom is -0.394 e. The summed E-state index contributed by atoms with van der Waals surface area (Å²) < 4.78 is 6.19. The zero-order chi connectivity index (χ0) is 14.9. The number of aromatic nitrogens is 2. The second kappa shape index (κ2) is 5.67. The summed E-state index contributed by atoms with van der Waals surface area (Å²) in [6, 6.07) is 1.36. The summed E-state index contributed by atoms with van der Waals surface area (Å²) in [5.41, 5.74) is -0.758. The Hall–Kier alpha value is -1.81. The highest BCUT2D eigenvalue weighted by Crippen LogP contribution is 2.27. The van der Waals surface area contributed by atoms with Crippen molar-refractivity contribution in [3.8, 4) is 0 Å². The molecule has 4 N–H and O–H groups in total. The Morgan fingerprint density at radius 2 is 2.20 bits per heavy atom.